The molecular formula is C6H4N2O6. The summed E-state index contributed by atoms with van der Waals surface area (Å²) in [7, 11) is 0. The number of hydrogen-bond donors (Lipinski definition) is 2. The highest BCUT2D eigenvalue weighted by atomic mass is 16.6. The Morgan fingerprint density at radius 1 is 1.00 bits per heavy atom. The molecule has 8 heteroatoms. The Labute approximate surface area is 76.4 Å². The highest BCUT2D eigenvalue weighted by Gasteiger charge is 2.28. The van der Waals surface area contributed by atoms with E-state index in [4.69, 9.17) is 10.2 Å². The first-order chi connectivity index (χ1) is 6.45. The zero-order chi connectivity index (χ0) is 10.9. The van der Waals surface area contributed by atoms with Crippen molar-refractivity contribution in [2.24, 2.45) is 0 Å². The van der Waals surface area contributed by atoms with Crippen molar-refractivity contribution in [1.29, 1.82) is 0 Å². The third-order valence-corrected chi connectivity index (χ3v) is 1.41. The van der Waals surface area contributed by atoms with Crippen LogP contribution >= 0.6 is 0 Å². The summed E-state index contributed by atoms with van der Waals surface area (Å²) in [5, 5.41) is 38.5. The van der Waals surface area contributed by atoms with E-state index in [0.29, 0.717) is 0 Å². The lowest BCUT2D eigenvalue weighted by Gasteiger charge is -2.00. The van der Waals surface area contributed by atoms with E-state index in [0.717, 1.165) is 12.1 Å². The quantitative estimate of drug-likeness (QED) is 0.434. The normalized spacial score (nSPS) is 9.71. The molecule has 1 aromatic rings. The van der Waals surface area contributed by atoms with Crippen LogP contribution in [0.2, 0.25) is 0 Å². The van der Waals surface area contributed by atoms with Crippen LogP contribution in [0.4, 0.5) is 0 Å². The predicted molar refractivity (Wildman–Crippen MR) is 38.3 cm³/mol. The zero-order valence-electron chi connectivity index (χ0n) is 6.58. The number of aromatic nitrogens is 2. The van der Waals surface area contributed by atoms with Crippen LogP contribution in [0.3, 0.4) is 0 Å². The van der Waals surface area contributed by atoms with E-state index in [2.05, 4.69) is 0 Å². The topological polar surface area (TPSA) is 128 Å². The largest absolute Gasteiger partial charge is 0.560 e. The lowest BCUT2D eigenvalue weighted by Crippen LogP contribution is -2.66. The average Bonchev–Trinajstić information content (AvgIpc) is 2.08. The Morgan fingerprint density at radius 2 is 1.29 bits per heavy atom. The molecule has 0 amide bonds. The summed E-state index contributed by atoms with van der Waals surface area (Å²) in [6.07, 6.45) is 0. The molecule has 74 valence electrons. The number of carboxylic acids is 2. The van der Waals surface area contributed by atoms with Gasteiger partial charge in [0.1, 0.15) is 0 Å². The average molecular weight is 200 g/mol. The number of aromatic carboxylic acids is 2. The van der Waals surface area contributed by atoms with Gasteiger partial charge in [-0.05, 0) is 0 Å². The van der Waals surface area contributed by atoms with Gasteiger partial charge in [-0.2, -0.15) is 0 Å². The fraction of sp³-hybridized carbons (Fsp3) is 0. The summed E-state index contributed by atoms with van der Waals surface area (Å²) in [5.41, 5.74) is -1.69. The zero-order valence-corrected chi connectivity index (χ0v) is 6.58. The van der Waals surface area contributed by atoms with Gasteiger partial charge in [0, 0.05) is 12.1 Å². The van der Waals surface area contributed by atoms with Gasteiger partial charge in [0.15, 0.2) is 0 Å². The van der Waals surface area contributed by atoms with Crippen LogP contribution in [0.15, 0.2) is 12.1 Å². The molecule has 1 rings (SSSR count). The van der Waals surface area contributed by atoms with Gasteiger partial charge < -0.3 is 20.6 Å². The maximum absolute atomic E-state index is 10.9. The fourth-order valence-electron chi connectivity index (χ4n) is 0.787. The van der Waals surface area contributed by atoms with Crippen molar-refractivity contribution in [2.75, 3.05) is 0 Å². The molecule has 0 saturated carbocycles. The Hall–Kier alpha value is -2.38. The molecule has 0 saturated heterocycles. The molecule has 2 N–H and O–H groups in total. The van der Waals surface area contributed by atoms with Crippen molar-refractivity contribution >= 4 is 11.9 Å². The van der Waals surface area contributed by atoms with Crippen LogP contribution < -0.4 is 9.69 Å². The monoisotopic (exact) mass is 200 g/mol. The Morgan fingerprint density at radius 3 is 1.50 bits per heavy atom. The van der Waals surface area contributed by atoms with Crippen LogP contribution in [0.25, 0.3) is 0 Å². The molecule has 0 aliphatic rings. The molecule has 1 heterocycles. The van der Waals surface area contributed by atoms with Crippen LogP contribution in [-0.2, 0) is 0 Å². The van der Waals surface area contributed by atoms with Crippen LogP contribution in [0.1, 0.15) is 21.0 Å². The van der Waals surface area contributed by atoms with E-state index in [1.54, 1.807) is 0 Å². The highest BCUT2D eigenvalue weighted by molar-refractivity contribution is 5.85. The van der Waals surface area contributed by atoms with E-state index in [1.807, 2.05) is 0 Å². The third kappa shape index (κ3) is 1.40. The van der Waals surface area contributed by atoms with Crippen LogP contribution in [-0.4, -0.2) is 22.2 Å². The molecular weight excluding hydrogens is 196 g/mol. The number of carbonyl (C=O) groups is 2. The van der Waals surface area contributed by atoms with E-state index >= 15 is 0 Å². The Kier molecular flexibility index (Phi) is 2.19. The summed E-state index contributed by atoms with van der Waals surface area (Å²) in [5.74, 6) is -3.22. The first kappa shape index (κ1) is 9.71. The molecule has 14 heavy (non-hydrogen) atoms. The van der Waals surface area contributed by atoms with Crippen molar-refractivity contribution in [3.8, 4) is 0 Å². The minimum absolute atomic E-state index is 0.550. The molecule has 0 fully saturated rings. The lowest BCUT2D eigenvalue weighted by atomic mass is 10.3. The van der Waals surface area contributed by atoms with Crippen LogP contribution in [0.5, 0.6) is 0 Å². The second-order valence-electron chi connectivity index (χ2n) is 2.26. The van der Waals surface area contributed by atoms with Crippen molar-refractivity contribution in [3.63, 3.8) is 0 Å². The molecule has 0 unspecified atom stereocenters. The number of rotatable bonds is 2. The molecule has 1 aromatic heterocycles. The maximum Gasteiger partial charge on any atom is 0.409 e. The van der Waals surface area contributed by atoms with Gasteiger partial charge in [0.2, 0.25) is 0 Å². The summed E-state index contributed by atoms with van der Waals surface area (Å²) < 4.78 is 0. The molecule has 0 spiro atoms. The van der Waals surface area contributed by atoms with Crippen molar-refractivity contribution in [1.82, 2.24) is 0 Å². The highest BCUT2D eigenvalue weighted by Crippen LogP contribution is 1.93. The third-order valence-electron chi connectivity index (χ3n) is 1.41. The van der Waals surface area contributed by atoms with Gasteiger partial charge in [-0.25, -0.2) is 9.59 Å². The maximum atomic E-state index is 10.9. The first-order valence-corrected chi connectivity index (χ1v) is 3.28. The SMILES string of the molecule is O=C(O)c1ccc(C(=O)O)[n+]([O-])[n+]1[O-]. The van der Waals surface area contributed by atoms with E-state index in [1.165, 1.54) is 0 Å². The van der Waals surface area contributed by atoms with E-state index in [9.17, 15) is 20.0 Å². The molecule has 0 aliphatic carbocycles. The number of hydrogen-bond acceptors (Lipinski definition) is 4. The van der Waals surface area contributed by atoms with Crippen molar-refractivity contribution in [2.45, 2.75) is 0 Å². The second kappa shape index (κ2) is 3.17. The second-order valence-corrected chi connectivity index (χ2v) is 2.26. The summed E-state index contributed by atoms with van der Waals surface area (Å²) >= 11 is 0. The smallest absolute Gasteiger partial charge is 0.409 e. The summed E-state index contributed by atoms with van der Waals surface area (Å²) in [6.45, 7) is 0. The molecule has 0 atom stereocenters. The lowest BCUT2D eigenvalue weighted by molar-refractivity contribution is -1.19. The van der Waals surface area contributed by atoms with Gasteiger partial charge in [-0.3, -0.25) is 0 Å². The van der Waals surface area contributed by atoms with Gasteiger partial charge in [-0.1, -0.05) is 0 Å². The minimum Gasteiger partial charge on any atom is -0.560 e. The van der Waals surface area contributed by atoms with E-state index in [-0.39, 0.29) is 0 Å². The fourth-order valence-corrected chi connectivity index (χ4v) is 0.787. The first-order valence-electron chi connectivity index (χ1n) is 3.28. The molecule has 8 nitrogen and oxygen atoms in total. The van der Waals surface area contributed by atoms with Gasteiger partial charge in [0.05, 0.1) is 9.69 Å². The summed E-state index contributed by atoms with van der Waals surface area (Å²) in [4.78, 5) is 19.6. The number of carboxylic acid groups (broad SMARTS) is 2. The predicted octanol–water partition coefficient (Wildman–Crippen LogP) is -1.65. The van der Waals surface area contributed by atoms with Crippen molar-refractivity contribution in [3.05, 3.63) is 33.9 Å². The minimum atomic E-state index is -1.61. The van der Waals surface area contributed by atoms with Crippen LogP contribution in [0, 0.1) is 10.4 Å². The Balaban J connectivity index is 3.41. The van der Waals surface area contributed by atoms with Crippen molar-refractivity contribution < 1.29 is 29.5 Å². The van der Waals surface area contributed by atoms with Gasteiger partial charge in [0.25, 0.3) is 0 Å². The molecule has 0 radical (unpaired) electrons. The Bertz CT molecular complexity index is 376. The molecule has 0 bridgehead atoms. The standard InChI is InChI=1S/C6H4N2O6/c9-5(10)3-1-2-4(6(11)12)8(14)7(3)13/h1-2H,(H,9,10)(H,11,12). The van der Waals surface area contributed by atoms with Gasteiger partial charge >= 0.3 is 23.3 Å². The van der Waals surface area contributed by atoms with E-state index < -0.39 is 33.0 Å². The molecule has 0 aliphatic heterocycles. The number of nitrogens with zero attached hydrogens (tertiary/aromatic N) is 2. The van der Waals surface area contributed by atoms with Gasteiger partial charge in [-0.15, -0.1) is 0 Å². The summed E-state index contributed by atoms with van der Waals surface area (Å²) in [6, 6.07) is 1.49. The molecule has 0 aromatic carbocycles.